The zero-order valence-electron chi connectivity index (χ0n) is 15.1. The molecule has 25 heavy (non-hydrogen) atoms. The van der Waals surface area contributed by atoms with Crippen molar-refractivity contribution < 1.29 is 4.79 Å². The van der Waals surface area contributed by atoms with Crippen LogP contribution in [0.2, 0.25) is 0 Å². The maximum absolute atomic E-state index is 10.9. The number of rotatable bonds is 5. The number of hydrogen-bond donors (Lipinski definition) is 1. The Kier molecular flexibility index (Phi) is 5.16. The van der Waals surface area contributed by atoms with Gasteiger partial charge in [0.1, 0.15) is 18.0 Å². The number of piperazine rings is 1. The highest BCUT2D eigenvalue weighted by Crippen LogP contribution is 2.30. The first-order valence-electron chi connectivity index (χ1n) is 8.71. The average molecular weight is 339 g/mol. The highest BCUT2D eigenvalue weighted by Gasteiger charge is 2.17. The minimum absolute atomic E-state index is 0.431. The molecule has 0 spiro atoms. The average Bonchev–Trinajstić information content (AvgIpc) is 2.63. The summed E-state index contributed by atoms with van der Waals surface area (Å²) in [6.45, 7) is 9.52. The predicted octanol–water partition coefficient (Wildman–Crippen LogP) is 2.93. The van der Waals surface area contributed by atoms with Gasteiger partial charge in [-0.15, -0.1) is 0 Å². The molecule has 1 aliphatic rings. The molecule has 2 aromatic rings. The number of nitrogens with one attached hydrogen (secondary N) is 1. The number of hydrogen-bond acceptors (Lipinski definition) is 5. The van der Waals surface area contributed by atoms with Gasteiger partial charge in [0.05, 0.1) is 0 Å². The van der Waals surface area contributed by atoms with Crippen molar-refractivity contribution in [3.8, 4) is 0 Å². The molecule has 6 heteroatoms. The van der Waals surface area contributed by atoms with Crippen molar-refractivity contribution in [1.82, 2.24) is 14.9 Å². The quantitative estimate of drug-likeness (QED) is 0.849. The Morgan fingerprint density at radius 3 is 2.60 bits per heavy atom. The van der Waals surface area contributed by atoms with Crippen molar-refractivity contribution in [3.05, 3.63) is 41.7 Å². The largest absolute Gasteiger partial charge is 0.353 e. The second-order valence-corrected chi connectivity index (χ2v) is 6.71. The number of aryl methyl sites for hydroxylation is 1. The van der Waals surface area contributed by atoms with Crippen molar-refractivity contribution in [2.24, 2.45) is 0 Å². The first-order valence-corrected chi connectivity index (χ1v) is 8.71. The molecule has 0 aliphatic carbocycles. The maximum atomic E-state index is 10.9. The first kappa shape index (κ1) is 17.2. The second-order valence-electron chi connectivity index (χ2n) is 6.71. The van der Waals surface area contributed by atoms with Gasteiger partial charge in [0.15, 0.2) is 0 Å². The summed E-state index contributed by atoms with van der Waals surface area (Å²) in [4.78, 5) is 23.6. The fraction of sp³-hybridized carbons (Fsp3) is 0.421. The molecule has 1 fully saturated rings. The highest BCUT2D eigenvalue weighted by molar-refractivity contribution is 5.67. The van der Waals surface area contributed by atoms with Crippen LogP contribution in [-0.2, 0) is 4.79 Å². The Morgan fingerprint density at radius 2 is 1.92 bits per heavy atom. The standard InChI is InChI=1S/C19H25N5O/c1-14(2)16-6-4-5-15(3)19(16)22-17-11-18(21-12-20-17)24-9-7-23(13-25)8-10-24/h4-6,11-14H,7-10H2,1-3H3,(H,20,21,22). The molecule has 3 rings (SSSR count). The van der Waals surface area contributed by atoms with E-state index in [1.54, 1.807) is 11.2 Å². The zero-order valence-corrected chi connectivity index (χ0v) is 15.1. The van der Waals surface area contributed by atoms with E-state index < -0.39 is 0 Å². The van der Waals surface area contributed by atoms with Gasteiger partial charge in [-0.05, 0) is 24.0 Å². The van der Waals surface area contributed by atoms with Crippen LogP contribution in [0.25, 0.3) is 0 Å². The molecule has 2 heterocycles. The van der Waals surface area contributed by atoms with E-state index in [0.717, 1.165) is 49.9 Å². The number of aromatic nitrogens is 2. The molecule has 1 saturated heterocycles. The highest BCUT2D eigenvalue weighted by atomic mass is 16.1. The van der Waals surface area contributed by atoms with Crippen LogP contribution in [0.1, 0.15) is 30.9 Å². The van der Waals surface area contributed by atoms with E-state index in [2.05, 4.69) is 59.2 Å². The predicted molar refractivity (Wildman–Crippen MR) is 100 cm³/mol. The summed E-state index contributed by atoms with van der Waals surface area (Å²) in [6.07, 6.45) is 2.51. The monoisotopic (exact) mass is 339 g/mol. The molecule has 0 saturated carbocycles. The third-order valence-electron chi connectivity index (χ3n) is 4.62. The fourth-order valence-corrected chi connectivity index (χ4v) is 3.12. The maximum Gasteiger partial charge on any atom is 0.209 e. The SMILES string of the molecule is Cc1cccc(C(C)C)c1Nc1cc(N2CCN(C=O)CC2)ncn1. The van der Waals surface area contributed by atoms with Crippen molar-refractivity contribution >= 4 is 23.7 Å². The lowest BCUT2D eigenvalue weighted by Gasteiger charge is -2.33. The zero-order chi connectivity index (χ0) is 17.8. The number of para-hydroxylation sites is 1. The summed E-state index contributed by atoms with van der Waals surface area (Å²) < 4.78 is 0. The van der Waals surface area contributed by atoms with E-state index in [1.165, 1.54) is 11.1 Å². The molecular weight excluding hydrogens is 314 g/mol. The number of carbonyl (C=O) groups is 1. The summed E-state index contributed by atoms with van der Waals surface area (Å²) in [5.74, 6) is 2.11. The molecule has 0 atom stereocenters. The van der Waals surface area contributed by atoms with Gasteiger partial charge < -0.3 is 15.1 Å². The molecule has 132 valence electrons. The van der Waals surface area contributed by atoms with E-state index in [1.807, 2.05) is 6.07 Å². The normalized spacial score (nSPS) is 14.7. The summed E-state index contributed by atoms with van der Waals surface area (Å²) in [6, 6.07) is 8.33. The van der Waals surface area contributed by atoms with Gasteiger partial charge in [-0.3, -0.25) is 4.79 Å². The minimum atomic E-state index is 0.431. The Labute approximate surface area is 148 Å². The lowest BCUT2D eigenvalue weighted by Crippen LogP contribution is -2.46. The van der Waals surface area contributed by atoms with Gasteiger partial charge >= 0.3 is 0 Å². The number of carbonyl (C=O) groups excluding carboxylic acids is 1. The molecule has 0 radical (unpaired) electrons. The third-order valence-corrected chi connectivity index (χ3v) is 4.62. The summed E-state index contributed by atoms with van der Waals surface area (Å²) in [5, 5.41) is 3.48. The van der Waals surface area contributed by atoms with E-state index in [4.69, 9.17) is 0 Å². The second kappa shape index (κ2) is 7.51. The Bertz CT molecular complexity index is 738. The van der Waals surface area contributed by atoms with E-state index in [9.17, 15) is 4.79 Å². The van der Waals surface area contributed by atoms with Crippen LogP contribution in [-0.4, -0.2) is 47.5 Å². The number of nitrogens with zero attached hydrogens (tertiary/aromatic N) is 4. The Balaban J connectivity index is 1.80. The topological polar surface area (TPSA) is 61.4 Å². The fourth-order valence-electron chi connectivity index (χ4n) is 3.12. The van der Waals surface area contributed by atoms with Crippen LogP contribution >= 0.6 is 0 Å². The molecule has 1 aliphatic heterocycles. The Morgan fingerprint density at radius 1 is 1.16 bits per heavy atom. The van der Waals surface area contributed by atoms with Crippen molar-refractivity contribution in [3.63, 3.8) is 0 Å². The van der Waals surface area contributed by atoms with Crippen LogP contribution in [0, 0.1) is 6.92 Å². The van der Waals surface area contributed by atoms with Crippen molar-refractivity contribution in [2.45, 2.75) is 26.7 Å². The van der Waals surface area contributed by atoms with E-state index in [0.29, 0.717) is 5.92 Å². The van der Waals surface area contributed by atoms with Crippen molar-refractivity contribution in [1.29, 1.82) is 0 Å². The molecule has 0 bridgehead atoms. The van der Waals surface area contributed by atoms with Gasteiger partial charge in [0, 0.05) is 37.9 Å². The van der Waals surface area contributed by atoms with Gasteiger partial charge in [-0.2, -0.15) is 0 Å². The molecule has 1 aromatic carbocycles. The number of benzene rings is 1. The summed E-state index contributed by atoms with van der Waals surface area (Å²) in [5.41, 5.74) is 3.60. The van der Waals surface area contributed by atoms with Crippen LogP contribution in [0.15, 0.2) is 30.6 Å². The molecule has 6 nitrogen and oxygen atoms in total. The molecule has 1 aromatic heterocycles. The lowest BCUT2D eigenvalue weighted by atomic mass is 9.98. The molecule has 1 amide bonds. The van der Waals surface area contributed by atoms with Gasteiger partial charge in [-0.1, -0.05) is 32.0 Å². The van der Waals surface area contributed by atoms with Gasteiger partial charge in [0.2, 0.25) is 6.41 Å². The third kappa shape index (κ3) is 3.90. The van der Waals surface area contributed by atoms with Crippen molar-refractivity contribution in [2.75, 3.05) is 36.4 Å². The molecule has 1 N–H and O–H groups in total. The van der Waals surface area contributed by atoms with E-state index in [-0.39, 0.29) is 0 Å². The first-order chi connectivity index (χ1) is 12.1. The van der Waals surface area contributed by atoms with Crippen LogP contribution < -0.4 is 10.2 Å². The van der Waals surface area contributed by atoms with Crippen LogP contribution in [0.3, 0.4) is 0 Å². The van der Waals surface area contributed by atoms with Gasteiger partial charge in [-0.25, -0.2) is 9.97 Å². The molecular formula is C19H25N5O. The Hall–Kier alpha value is -2.63. The van der Waals surface area contributed by atoms with Crippen LogP contribution in [0.5, 0.6) is 0 Å². The minimum Gasteiger partial charge on any atom is -0.353 e. The van der Waals surface area contributed by atoms with Crippen LogP contribution in [0.4, 0.5) is 17.3 Å². The number of amides is 1. The van der Waals surface area contributed by atoms with Gasteiger partial charge in [0.25, 0.3) is 0 Å². The number of anilines is 3. The smallest absolute Gasteiger partial charge is 0.209 e. The summed E-state index contributed by atoms with van der Waals surface area (Å²) >= 11 is 0. The summed E-state index contributed by atoms with van der Waals surface area (Å²) in [7, 11) is 0. The lowest BCUT2D eigenvalue weighted by molar-refractivity contribution is -0.118. The molecule has 0 unspecified atom stereocenters. The van der Waals surface area contributed by atoms with E-state index >= 15 is 0 Å².